The first-order valence-corrected chi connectivity index (χ1v) is 6.64. The number of pyridine rings is 1. The van der Waals surface area contributed by atoms with E-state index >= 15 is 0 Å². The third kappa shape index (κ3) is 4.84. The molecule has 0 unspecified atom stereocenters. The van der Waals surface area contributed by atoms with Crippen molar-refractivity contribution in [1.82, 2.24) is 15.2 Å². The van der Waals surface area contributed by atoms with Crippen LogP contribution in [0.1, 0.15) is 30.6 Å². The van der Waals surface area contributed by atoms with Crippen molar-refractivity contribution in [3.8, 4) is 0 Å². The standard InChI is InChI=1S/C13H23N5O/c1-3-18(4-2)9-5-7-16-13(19)11-6-8-15-10-12(11)17-14/h6,8,10,17H,3-5,7,9,14H2,1-2H3,(H,16,19). The number of anilines is 1. The average Bonchev–Trinajstić information content (AvgIpc) is 2.47. The van der Waals surface area contributed by atoms with Crippen LogP contribution in [-0.2, 0) is 0 Å². The van der Waals surface area contributed by atoms with Gasteiger partial charge in [0.05, 0.1) is 17.4 Å². The first-order chi connectivity index (χ1) is 9.22. The second-order valence-electron chi connectivity index (χ2n) is 4.20. The Labute approximate surface area is 114 Å². The number of nitrogen functional groups attached to an aromatic ring is 1. The topological polar surface area (TPSA) is 83.3 Å². The highest BCUT2D eigenvalue weighted by molar-refractivity contribution is 5.99. The van der Waals surface area contributed by atoms with Crippen LogP contribution in [0.25, 0.3) is 0 Å². The first kappa shape index (κ1) is 15.4. The van der Waals surface area contributed by atoms with Crippen molar-refractivity contribution in [2.24, 2.45) is 5.84 Å². The molecule has 106 valence electrons. The molecule has 1 amide bonds. The third-order valence-corrected chi connectivity index (χ3v) is 3.05. The summed E-state index contributed by atoms with van der Waals surface area (Å²) in [7, 11) is 0. The smallest absolute Gasteiger partial charge is 0.253 e. The molecule has 0 radical (unpaired) electrons. The second-order valence-corrected chi connectivity index (χ2v) is 4.20. The number of hydrazine groups is 1. The van der Waals surface area contributed by atoms with Gasteiger partial charge in [-0.1, -0.05) is 13.8 Å². The summed E-state index contributed by atoms with van der Waals surface area (Å²) in [5.74, 6) is 5.21. The van der Waals surface area contributed by atoms with Crippen LogP contribution in [0.4, 0.5) is 5.69 Å². The monoisotopic (exact) mass is 265 g/mol. The van der Waals surface area contributed by atoms with Crippen molar-refractivity contribution in [2.45, 2.75) is 20.3 Å². The Morgan fingerprint density at radius 3 is 2.79 bits per heavy atom. The van der Waals surface area contributed by atoms with Gasteiger partial charge in [0.2, 0.25) is 0 Å². The van der Waals surface area contributed by atoms with Gasteiger partial charge in [0.1, 0.15) is 0 Å². The number of nitrogens with zero attached hydrogens (tertiary/aromatic N) is 2. The fourth-order valence-corrected chi connectivity index (χ4v) is 1.85. The summed E-state index contributed by atoms with van der Waals surface area (Å²) < 4.78 is 0. The summed E-state index contributed by atoms with van der Waals surface area (Å²) in [6.45, 7) is 8.00. The number of carbonyl (C=O) groups is 1. The SMILES string of the molecule is CCN(CC)CCCNC(=O)c1ccncc1NN. The zero-order valence-corrected chi connectivity index (χ0v) is 11.6. The highest BCUT2D eigenvalue weighted by atomic mass is 16.1. The summed E-state index contributed by atoms with van der Waals surface area (Å²) in [5, 5.41) is 2.89. The predicted octanol–water partition coefficient (Wildman–Crippen LogP) is 0.829. The molecule has 19 heavy (non-hydrogen) atoms. The van der Waals surface area contributed by atoms with E-state index in [1.165, 1.54) is 6.20 Å². The second kappa shape index (κ2) is 8.44. The lowest BCUT2D eigenvalue weighted by molar-refractivity contribution is 0.0952. The van der Waals surface area contributed by atoms with Crippen molar-refractivity contribution in [1.29, 1.82) is 0 Å². The van der Waals surface area contributed by atoms with Crippen LogP contribution < -0.4 is 16.6 Å². The lowest BCUT2D eigenvalue weighted by Gasteiger charge is -2.17. The van der Waals surface area contributed by atoms with Gasteiger partial charge in [0.25, 0.3) is 5.91 Å². The molecule has 0 bridgehead atoms. The zero-order chi connectivity index (χ0) is 14.1. The Bertz CT molecular complexity index is 392. The molecule has 6 heteroatoms. The third-order valence-electron chi connectivity index (χ3n) is 3.05. The van der Waals surface area contributed by atoms with Gasteiger partial charge < -0.3 is 15.6 Å². The van der Waals surface area contributed by atoms with Gasteiger partial charge >= 0.3 is 0 Å². The normalized spacial score (nSPS) is 10.5. The number of nitrogens with two attached hydrogens (primary N) is 1. The summed E-state index contributed by atoms with van der Waals surface area (Å²) in [6, 6.07) is 1.65. The van der Waals surface area contributed by atoms with Crippen LogP contribution in [0.5, 0.6) is 0 Å². The highest BCUT2D eigenvalue weighted by Crippen LogP contribution is 2.11. The molecule has 0 atom stereocenters. The highest BCUT2D eigenvalue weighted by Gasteiger charge is 2.09. The maximum Gasteiger partial charge on any atom is 0.253 e. The van der Waals surface area contributed by atoms with E-state index in [9.17, 15) is 4.79 Å². The predicted molar refractivity (Wildman–Crippen MR) is 76.8 cm³/mol. The van der Waals surface area contributed by atoms with Crippen molar-refractivity contribution in [3.05, 3.63) is 24.0 Å². The molecular formula is C13H23N5O. The molecular weight excluding hydrogens is 242 g/mol. The Morgan fingerprint density at radius 2 is 2.16 bits per heavy atom. The maximum absolute atomic E-state index is 12.0. The van der Waals surface area contributed by atoms with Gasteiger partial charge in [-0.05, 0) is 32.1 Å². The molecule has 4 N–H and O–H groups in total. The molecule has 0 aliphatic rings. The quantitative estimate of drug-likeness (QED) is 0.368. The molecule has 0 aliphatic carbocycles. The molecule has 0 saturated carbocycles. The average molecular weight is 265 g/mol. The fraction of sp³-hybridized carbons (Fsp3) is 0.538. The van der Waals surface area contributed by atoms with E-state index in [-0.39, 0.29) is 5.91 Å². The van der Waals surface area contributed by atoms with Gasteiger partial charge in [-0.3, -0.25) is 15.6 Å². The van der Waals surface area contributed by atoms with E-state index in [0.717, 1.165) is 26.1 Å². The van der Waals surface area contributed by atoms with Gasteiger partial charge in [0, 0.05) is 12.7 Å². The largest absolute Gasteiger partial charge is 0.352 e. The molecule has 0 aromatic carbocycles. The minimum Gasteiger partial charge on any atom is -0.352 e. The van der Waals surface area contributed by atoms with Crippen molar-refractivity contribution in [3.63, 3.8) is 0 Å². The molecule has 1 aromatic rings. The van der Waals surface area contributed by atoms with Crippen LogP contribution in [0.15, 0.2) is 18.5 Å². The summed E-state index contributed by atoms with van der Waals surface area (Å²) in [5.41, 5.74) is 3.52. The maximum atomic E-state index is 12.0. The summed E-state index contributed by atoms with van der Waals surface area (Å²) in [6.07, 6.45) is 4.04. The lowest BCUT2D eigenvalue weighted by Crippen LogP contribution is -2.30. The number of aromatic nitrogens is 1. The van der Waals surface area contributed by atoms with Gasteiger partial charge in [-0.2, -0.15) is 0 Å². The molecule has 0 aliphatic heterocycles. The molecule has 6 nitrogen and oxygen atoms in total. The van der Waals surface area contributed by atoms with Crippen LogP contribution in [0.2, 0.25) is 0 Å². The number of nitrogens with one attached hydrogen (secondary N) is 2. The van der Waals surface area contributed by atoms with Crippen LogP contribution >= 0.6 is 0 Å². The molecule has 1 aromatic heterocycles. The first-order valence-electron chi connectivity index (χ1n) is 6.64. The van der Waals surface area contributed by atoms with Crippen LogP contribution in [-0.4, -0.2) is 42.0 Å². The van der Waals surface area contributed by atoms with Gasteiger partial charge in [0.15, 0.2) is 0 Å². The lowest BCUT2D eigenvalue weighted by atomic mass is 10.2. The number of amides is 1. The molecule has 0 saturated heterocycles. The van der Waals surface area contributed by atoms with Crippen LogP contribution in [0, 0.1) is 0 Å². The Balaban J connectivity index is 2.39. The van der Waals surface area contributed by atoms with Gasteiger partial charge in [-0.25, -0.2) is 0 Å². The summed E-state index contributed by atoms with van der Waals surface area (Å²) >= 11 is 0. The van der Waals surface area contributed by atoms with Crippen molar-refractivity contribution >= 4 is 11.6 Å². The molecule has 0 fully saturated rings. The number of hydrogen-bond acceptors (Lipinski definition) is 5. The fourth-order valence-electron chi connectivity index (χ4n) is 1.85. The summed E-state index contributed by atoms with van der Waals surface area (Å²) in [4.78, 5) is 18.2. The molecule has 1 rings (SSSR count). The zero-order valence-electron chi connectivity index (χ0n) is 11.6. The van der Waals surface area contributed by atoms with Crippen molar-refractivity contribution in [2.75, 3.05) is 31.6 Å². The minimum atomic E-state index is -0.130. The van der Waals surface area contributed by atoms with E-state index < -0.39 is 0 Å². The van der Waals surface area contributed by atoms with Crippen molar-refractivity contribution < 1.29 is 4.79 Å². The number of hydrogen-bond donors (Lipinski definition) is 3. The molecule has 1 heterocycles. The Kier molecular flexibility index (Phi) is 6.84. The minimum absolute atomic E-state index is 0.130. The number of rotatable bonds is 8. The molecule has 0 spiro atoms. The van der Waals surface area contributed by atoms with E-state index in [0.29, 0.717) is 17.8 Å². The van der Waals surface area contributed by atoms with E-state index in [4.69, 9.17) is 5.84 Å². The van der Waals surface area contributed by atoms with E-state index in [1.54, 1.807) is 12.3 Å². The van der Waals surface area contributed by atoms with Crippen LogP contribution in [0.3, 0.4) is 0 Å². The van der Waals surface area contributed by atoms with Gasteiger partial charge in [-0.15, -0.1) is 0 Å². The van der Waals surface area contributed by atoms with E-state index in [1.807, 2.05) is 0 Å². The van der Waals surface area contributed by atoms with E-state index in [2.05, 4.69) is 34.5 Å². The number of carbonyl (C=O) groups excluding carboxylic acids is 1. The Hall–Kier alpha value is -1.66. The Morgan fingerprint density at radius 1 is 1.42 bits per heavy atom.